The van der Waals surface area contributed by atoms with Crippen LogP contribution in [0.4, 0.5) is 0 Å². The lowest BCUT2D eigenvalue weighted by molar-refractivity contribution is -0.694. The Labute approximate surface area is 70.6 Å². The summed E-state index contributed by atoms with van der Waals surface area (Å²) in [5.74, 6) is 0. The average Bonchev–Trinajstić information content (AvgIpc) is 2.19. The highest BCUT2D eigenvalue weighted by atomic mass is 16.4. The summed E-state index contributed by atoms with van der Waals surface area (Å²) in [4.78, 5) is 0. The summed E-state index contributed by atoms with van der Waals surface area (Å²) in [5, 5.41) is 38.3. The highest BCUT2D eigenvalue weighted by molar-refractivity contribution is 4.79. The number of quaternary nitrogens is 1. The zero-order chi connectivity index (χ0) is 9.14. The third-order valence-corrected chi connectivity index (χ3v) is 2.28. The van der Waals surface area contributed by atoms with Crippen molar-refractivity contribution in [1.82, 2.24) is 0 Å². The second-order valence-electron chi connectivity index (χ2n) is 3.28. The van der Waals surface area contributed by atoms with Crippen LogP contribution in [0, 0.1) is 0 Å². The van der Waals surface area contributed by atoms with Crippen molar-refractivity contribution in [3.63, 3.8) is 0 Å². The van der Waals surface area contributed by atoms with Crippen LogP contribution in [-0.2, 0) is 0 Å². The van der Waals surface area contributed by atoms with E-state index in [1.165, 1.54) is 0 Å². The van der Waals surface area contributed by atoms with Gasteiger partial charge >= 0.3 is 0 Å². The highest BCUT2D eigenvalue weighted by Gasteiger charge is 2.33. The van der Waals surface area contributed by atoms with Crippen LogP contribution in [0.5, 0.6) is 0 Å². The number of nitrogens with two attached hydrogens (primary N) is 1. The van der Waals surface area contributed by atoms with Crippen molar-refractivity contribution in [3.8, 4) is 0 Å². The van der Waals surface area contributed by atoms with E-state index >= 15 is 0 Å². The molecule has 1 aliphatic heterocycles. The maximum absolute atomic E-state index is 9.29. The van der Waals surface area contributed by atoms with Gasteiger partial charge in [-0.3, -0.25) is 0 Å². The Morgan fingerprint density at radius 2 is 1.83 bits per heavy atom. The Hall–Kier alpha value is -0.200. The van der Waals surface area contributed by atoms with Crippen molar-refractivity contribution >= 4 is 0 Å². The van der Waals surface area contributed by atoms with Crippen molar-refractivity contribution in [2.24, 2.45) is 0 Å². The maximum atomic E-state index is 9.29. The summed E-state index contributed by atoms with van der Waals surface area (Å²) in [5.41, 5.74) is 0. The van der Waals surface area contributed by atoms with Crippen LogP contribution in [-0.4, -0.2) is 57.9 Å². The molecule has 0 bridgehead atoms. The van der Waals surface area contributed by atoms with Crippen molar-refractivity contribution in [2.45, 2.75) is 30.8 Å². The smallest absolute Gasteiger partial charge is 0.131 e. The standard InChI is InChI=1S/C7H15NO4/c9-3-4-1-5(10)7(12)6(11)2-8-4/h4-12H,1-3H2/p+1/t4-,5+,6+,7-/m0/s1. The van der Waals surface area contributed by atoms with E-state index in [2.05, 4.69) is 0 Å². The Balaban J connectivity index is 2.53. The quantitative estimate of drug-likeness (QED) is 0.286. The molecule has 0 radical (unpaired) electrons. The van der Waals surface area contributed by atoms with Crippen LogP contribution in [0.3, 0.4) is 0 Å². The largest absolute Gasteiger partial charge is 0.390 e. The van der Waals surface area contributed by atoms with Gasteiger partial charge in [-0.05, 0) is 0 Å². The molecule has 0 amide bonds. The van der Waals surface area contributed by atoms with Crippen molar-refractivity contribution in [1.29, 1.82) is 0 Å². The second kappa shape index (κ2) is 4.15. The van der Waals surface area contributed by atoms with Gasteiger partial charge in [0.05, 0.1) is 12.7 Å². The molecule has 0 spiro atoms. The van der Waals surface area contributed by atoms with E-state index in [0.717, 1.165) is 0 Å². The average molecular weight is 178 g/mol. The van der Waals surface area contributed by atoms with Crippen LogP contribution < -0.4 is 5.32 Å². The fourth-order valence-electron chi connectivity index (χ4n) is 1.42. The Morgan fingerprint density at radius 1 is 1.17 bits per heavy atom. The minimum absolute atomic E-state index is 0.0451. The maximum Gasteiger partial charge on any atom is 0.131 e. The highest BCUT2D eigenvalue weighted by Crippen LogP contribution is 2.07. The van der Waals surface area contributed by atoms with Gasteiger partial charge in [-0.15, -0.1) is 0 Å². The van der Waals surface area contributed by atoms with Gasteiger partial charge in [0.2, 0.25) is 0 Å². The predicted molar refractivity (Wildman–Crippen MR) is 40.3 cm³/mol. The molecule has 0 unspecified atom stereocenters. The zero-order valence-corrected chi connectivity index (χ0v) is 6.80. The van der Waals surface area contributed by atoms with E-state index in [-0.39, 0.29) is 12.6 Å². The third-order valence-electron chi connectivity index (χ3n) is 2.28. The molecular weight excluding hydrogens is 162 g/mol. The molecule has 5 nitrogen and oxygen atoms in total. The molecule has 5 heteroatoms. The Morgan fingerprint density at radius 3 is 2.42 bits per heavy atom. The van der Waals surface area contributed by atoms with Crippen LogP contribution in [0.25, 0.3) is 0 Å². The van der Waals surface area contributed by atoms with Crippen LogP contribution in [0.15, 0.2) is 0 Å². The first-order valence-electron chi connectivity index (χ1n) is 4.13. The van der Waals surface area contributed by atoms with E-state index in [0.29, 0.717) is 13.0 Å². The van der Waals surface area contributed by atoms with Crippen LogP contribution in [0.1, 0.15) is 6.42 Å². The molecule has 0 aliphatic carbocycles. The molecule has 4 atom stereocenters. The van der Waals surface area contributed by atoms with Gasteiger partial charge < -0.3 is 25.7 Å². The lowest BCUT2D eigenvalue weighted by atomic mass is 10.0. The van der Waals surface area contributed by atoms with Gasteiger partial charge in [-0.1, -0.05) is 0 Å². The van der Waals surface area contributed by atoms with E-state index in [1.807, 2.05) is 0 Å². The minimum Gasteiger partial charge on any atom is -0.390 e. The molecule has 0 aromatic rings. The molecular formula is C7H16NO4+. The third kappa shape index (κ3) is 2.15. The van der Waals surface area contributed by atoms with Crippen molar-refractivity contribution < 1.29 is 25.7 Å². The van der Waals surface area contributed by atoms with Gasteiger partial charge in [0.1, 0.15) is 24.8 Å². The molecule has 6 N–H and O–H groups in total. The fraction of sp³-hybridized carbons (Fsp3) is 1.00. The minimum atomic E-state index is -1.09. The van der Waals surface area contributed by atoms with Gasteiger partial charge in [0, 0.05) is 6.42 Å². The summed E-state index contributed by atoms with van der Waals surface area (Å²) in [7, 11) is 0. The topological polar surface area (TPSA) is 97.5 Å². The number of hydrogen-bond acceptors (Lipinski definition) is 4. The van der Waals surface area contributed by atoms with Gasteiger partial charge in [0.25, 0.3) is 0 Å². The molecule has 1 saturated heterocycles. The van der Waals surface area contributed by atoms with E-state index in [1.54, 1.807) is 5.32 Å². The number of aliphatic hydroxyl groups excluding tert-OH is 4. The zero-order valence-electron chi connectivity index (χ0n) is 6.80. The molecule has 0 saturated carbocycles. The van der Waals surface area contributed by atoms with E-state index in [4.69, 9.17) is 5.11 Å². The first-order valence-corrected chi connectivity index (χ1v) is 4.13. The Bertz CT molecular complexity index is 143. The normalized spacial score (nSPS) is 44.0. The summed E-state index contributed by atoms with van der Waals surface area (Å²) in [6, 6.07) is -0.119. The van der Waals surface area contributed by atoms with Crippen LogP contribution >= 0.6 is 0 Å². The van der Waals surface area contributed by atoms with E-state index in [9.17, 15) is 15.3 Å². The lowest BCUT2D eigenvalue weighted by Gasteiger charge is -2.16. The van der Waals surface area contributed by atoms with Gasteiger partial charge in [0.15, 0.2) is 0 Å². The number of aliphatic hydroxyl groups is 4. The summed E-state index contributed by atoms with van der Waals surface area (Å²) in [6.07, 6.45) is -2.61. The number of rotatable bonds is 1. The second-order valence-corrected chi connectivity index (χ2v) is 3.28. The van der Waals surface area contributed by atoms with Crippen molar-refractivity contribution in [2.75, 3.05) is 13.2 Å². The first-order chi connectivity index (χ1) is 5.65. The van der Waals surface area contributed by atoms with Gasteiger partial charge in [-0.2, -0.15) is 0 Å². The molecule has 1 aliphatic rings. The predicted octanol–water partition coefficient (Wildman–Crippen LogP) is -3.60. The molecule has 1 fully saturated rings. The number of hydrogen-bond donors (Lipinski definition) is 5. The summed E-state index contributed by atoms with van der Waals surface area (Å²) < 4.78 is 0. The van der Waals surface area contributed by atoms with Crippen molar-refractivity contribution in [3.05, 3.63) is 0 Å². The lowest BCUT2D eigenvalue weighted by Crippen LogP contribution is -2.92. The molecule has 1 rings (SSSR count). The first kappa shape index (κ1) is 9.88. The molecule has 12 heavy (non-hydrogen) atoms. The summed E-state index contributed by atoms with van der Waals surface area (Å²) in [6.45, 7) is 0.278. The SMILES string of the molecule is OC[C@@H]1C[C@@H](O)[C@H](O)[C@H](O)C[NH2+]1. The monoisotopic (exact) mass is 178 g/mol. The Kier molecular flexibility index (Phi) is 3.42. The molecule has 72 valence electrons. The molecule has 0 aromatic heterocycles. The van der Waals surface area contributed by atoms with E-state index < -0.39 is 18.3 Å². The van der Waals surface area contributed by atoms with Crippen LogP contribution in [0.2, 0.25) is 0 Å². The summed E-state index contributed by atoms with van der Waals surface area (Å²) >= 11 is 0. The molecule has 0 aromatic carbocycles. The fourth-order valence-corrected chi connectivity index (χ4v) is 1.42. The molecule has 1 heterocycles. The van der Waals surface area contributed by atoms with Gasteiger partial charge in [-0.25, -0.2) is 0 Å².